The predicted octanol–water partition coefficient (Wildman–Crippen LogP) is 2.92. The third kappa shape index (κ3) is 4.99. The molecule has 2 fully saturated rings. The fraction of sp³-hybridized carbons (Fsp3) is 0.320. The van der Waals surface area contributed by atoms with Crippen LogP contribution in [0.5, 0.6) is 0 Å². The Morgan fingerprint density at radius 3 is 2.62 bits per heavy atom. The molecular weight excluding hydrogens is 488 g/mol. The van der Waals surface area contributed by atoms with Crippen molar-refractivity contribution in [3.8, 4) is 11.3 Å². The van der Waals surface area contributed by atoms with Crippen molar-refractivity contribution in [2.45, 2.75) is 30.8 Å². The summed E-state index contributed by atoms with van der Waals surface area (Å²) < 4.78 is 32.4. The van der Waals surface area contributed by atoms with Crippen molar-refractivity contribution in [1.29, 1.82) is 0 Å². The number of rotatable bonds is 6. The number of pyridine rings is 1. The Morgan fingerprint density at radius 2 is 1.95 bits per heavy atom. The second-order valence-corrected chi connectivity index (χ2v) is 9.19. The first kappa shape index (κ1) is 24.3. The lowest BCUT2D eigenvalue weighted by Crippen LogP contribution is -2.57. The van der Waals surface area contributed by atoms with E-state index in [-0.39, 0.29) is 36.5 Å². The molecule has 10 nitrogen and oxygen atoms in total. The third-order valence-corrected chi connectivity index (χ3v) is 6.74. The number of halogens is 2. The van der Waals surface area contributed by atoms with Crippen LogP contribution in [0.2, 0.25) is 0 Å². The molecule has 2 aliphatic rings. The maximum atomic E-state index is 14.1. The van der Waals surface area contributed by atoms with Crippen molar-refractivity contribution in [1.82, 2.24) is 25.7 Å². The van der Waals surface area contributed by atoms with E-state index in [4.69, 9.17) is 4.52 Å². The van der Waals surface area contributed by atoms with Crippen LogP contribution in [-0.2, 0) is 10.3 Å². The first-order chi connectivity index (χ1) is 17.8. The van der Waals surface area contributed by atoms with E-state index in [0.717, 1.165) is 16.7 Å². The number of likely N-dealkylation sites (tertiary alicyclic amines) is 1. The van der Waals surface area contributed by atoms with Crippen molar-refractivity contribution in [3.63, 3.8) is 0 Å². The molecule has 1 saturated carbocycles. The minimum absolute atomic E-state index is 0.0655. The van der Waals surface area contributed by atoms with Crippen molar-refractivity contribution in [2.24, 2.45) is 5.92 Å². The number of nitrogens with zero attached hydrogens (tertiary/aromatic N) is 3. The number of amides is 3. The van der Waals surface area contributed by atoms with Crippen LogP contribution in [0.1, 0.15) is 35.4 Å². The molecule has 3 amide bonds. The van der Waals surface area contributed by atoms with Crippen LogP contribution in [0.25, 0.3) is 11.3 Å². The van der Waals surface area contributed by atoms with E-state index < -0.39 is 47.0 Å². The number of aromatic nitrogens is 2. The largest absolute Gasteiger partial charge is 0.465 e. The summed E-state index contributed by atoms with van der Waals surface area (Å²) in [5.41, 5.74) is -0.119. The van der Waals surface area contributed by atoms with Crippen molar-refractivity contribution in [3.05, 3.63) is 71.7 Å². The quantitative estimate of drug-likeness (QED) is 0.463. The minimum Gasteiger partial charge on any atom is -0.465 e. The summed E-state index contributed by atoms with van der Waals surface area (Å²) >= 11 is 0. The van der Waals surface area contributed by atoms with Gasteiger partial charge in [0.15, 0.2) is 11.5 Å². The fourth-order valence-corrected chi connectivity index (χ4v) is 4.55. The average molecular weight is 511 g/mol. The van der Waals surface area contributed by atoms with Gasteiger partial charge in [-0.05, 0) is 43.5 Å². The van der Waals surface area contributed by atoms with Crippen LogP contribution in [-0.4, -0.2) is 57.2 Å². The van der Waals surface area contributed by atoms with E-state index >= 15 is 0 Å². The molecule has 2 aromatic heterocycles. The highest BCUT2D eigenvalue weighted by molar-refractivity contribution is 5.94. The Bertz CT molecular complexity index is 1340. The van der Waals surface area contributed by atoms with Crippen LogP contribution in [0.4, 0.5) is 13.6 Å². The van der Waals surface area contributed by atoms with Crippen LogP contribution in [0, 0.1) is 17.6 Å². The molecule has 5 rings (SSSR count). The predicted molar refractivity (Wildman–Crippen MR) is 124 cm³/mol. The Labute approximate surface area is 209 Å². The molecule has 1 aliphatic carbocycles. The topological polar surface area (TPSA) is 138 Å². The maximum absolute atomic E-state index is 14.1. The Hall–Kier alpha value is -4.35. The molecule has 0 bridgehead atoms. The van der Waals surface area contributed by atoms with Gasteiger partial charge in [-0.25, -0.2) is 13.6 Å². The number of piperidine rings is 1. The number of benzene rings is 1. The lowest BCUT2D eigenvalue weighted by atomic mass is 9.90. The smallest absolute Gasteiger partial charge is 0.407 e. The summed E-state index contributed by atoms with van der Waals surface area (Å²) in [4.78, 5) is 43.4. The lowest BCUT2D eigenvalue weighted by molar-refractivity contribution is -0.128. The molecule has 3 aromatic rings. The zero-order chi connectivity index (χ0) is 26.2. The molecule has 0 radical (unpaired) electrons. The third-order valence-electron chi connectivity index (χ3n) is 6.74. The number of hydrogen-bond donors (Lipinski definition) is 3. The molecule has 1 aliphatic heterocycles. The van der Waals surface area contributed by atoms with Gasteiger partial charge in [0.05, 0.1) is 22.7 Å². The number of carbonyl (C=O) groups is 3. The van der Waals surface area contributed by atoms with E-state index in [1.54, 1.807) is 12.3 Å². The van der Waals surface area contributed by atoms with Gasteiger partial charge < -0.3 is 25.2 Å². The standard InChI is InChI=1S/C25H23F2N5O5/c26-14-4-5-15(17(27)11-14)20-12-19(31-37-20)23(34)29-18-6-10-32(24(35)36)13-16(18)22(33)30-25(7-8-25)21-3-1-2-9-28-21/h1-5,9,11-12,16,18H,6-8,10,13H2,(H,29,34)(H,30,33)(H,35,36)/t16-,18-/m1/s1. The summed E-state index contributed by atoms with van der Waals surface area (Å²) in [6.45, 7) is 0.0234. The summed E-state index contributed by atoms with van der Waals surface area (Å²) in [6.07, 6.45) is 2.08. The average Bonchev–Trinajstić information content (AvgIpc) is 3.49. The molecule has 0 unspecified atom stereocenters. The van der Waals surface area contributed by atoms with E-state index in [0.29, 0.717) is 18.9 Å². The highest BCUT2D eigenvalue weighted by atomic mass is 19.1. The summed E-state index contributed by atoms with van der Waals surface area (Å²) in [5.74, 6) is -3.63. The van der Waals surface area contributed by atoms with Gasteiger partial charge >= 0.3 is 6.09 Å². The zero-order valence-corrected chi connectivity index (χ0v) is 19.5. The van der Waals surface area contributed by atoms with Gasteiger partial charge in [0, 0.05) is 37.5 Å². The van der Waals surface area contributed by atoms with E-state index in [9.17, 15) is 28.3 Å². The molecular formula is C25H23F2N5O5. The maximum Gasteiger partial charge on any atom is 0.407 e. The lowest BCUT2D eigenvalue weighted by Gasteiger charge is -2.37. The number of carbonyl (C=O) groups excluding carboxylic acids is 2. The van der Waals surface area contributed by atoms with E-state index in [1.807, 2.05) is 12.1 Å². The molecule has 3 heterocycles. The van der Waals surface area contributed by atoms with Crippen molar-refractivity contribution < 1.29 is 32.8 Å². The molecule has 3 N–H and O–H groups in total. The molecule has 0 spiro atoms. The molecule has 1 saturated heterocycles. The second-order valence-electron chi connectivity index (χ2n) is 9.19. The zero-order valence-electron chi connectivity index (χ0n) is 19.5. The van der Waals surface area contributed by atoms with Gasteiger partial charge in [0.25, 0.3) is 5.91 Å². The molecule has 37 heavy (non-hydrogen) atoms. The van der Waals surface area contributed by atoms with E-state index in [2.05, 4.69) is 20.8 Å². The summed E-state index contributed by atoms with van der Waals surface area (Å²) in [5, 5.41) is 18.9. The van der Waals surface area contributed by atoms with Crippen LogP contribution < -0.4 is 10.6 Å². The first-order valence-corrected chi connectivity index (χ1v) is 11.7. The monoisotopic (exact) mass is 511 g/mol. The number of nitrogens with one attached hydrogen (secondary N) is 2. The Kier molecular flexibility index (Phi) is 6.32. The van der Waals surface area contributed by atoms with Gasteiger partial charge in [-0.15, -0.1) is 0 Å². The Morgan fingerprint density at radius 1 is 1.14 bits per heavy atom. The second kappa shape index (κ2) is 9.60. The SMILES string of the molecule is O=C(N[C@@H]1CCN(C(=O)O)C[C@H]1C(=O)NC1(c2ccccn2)CC1)c1cc(-c2ccc(F)cc2F)on1. The molecule has 1 aromatic carbocycles. The highest BCUT2D eigenvalue weighted by Crippen LogP contribution is 2.44. The van der Waals surface area contributed by atoms with Gasteiger partial charge in [0.2, 0.25) is 5.91 Å². The molecule has 12 heteroatoms. The number of carboxylic acid groups (broad SMARTS) is 1. The van der Waals surface area contributed by atoms with Gasteiger partial charge in [-0.1, -0.05) is 11.2 Å². The summed E-state index contributed by atoms with van der Waals surface area (Å²) in [6, 6.07) is 8.87. The Balaban J connectivity index is 1.32. The number of hydrogen-bond acceptors (Lipinski definition) is 6. The van der Waals surface area contributed by atoms with Crippen LogP contribution >= 0.6 is 0 Å². The molecule has 192 valence electrons. The van der Waals surface area contributed by atoms with Gasteiger partial charge in [0.1, 0.15) is 11.6 Å². The van der Waals surface area contributed by atoms with Gasteiger partial charge in [-0.2, -0.15) is 0 Å². The van der Waals surface area contributed by atoms with Crippen molar-refractivity contribution in [2.75, 3.05) is 13.1 Å². The summed E-state index contributed by atoms with van der Waals surface area (Å²) in [7, 11) is 0. The fourth-order valence-electron chi connectivity index (χ4n) is 4.55. The normalized spacial score (nSPS) is 20.2. The van der Waals surface area contributed by atoms with Crippen LogP contribution in [0.15, 0.2) is 53.2 Å². The highest BCUT2D eigenvalue weighted by Gasteiger charge is 2.49. The minimum atomic E-state index is -1.16. The molecule has 2 atom stereocenters. The van der Waals surface area contributed by atoms with Gasteiger partial charge in [-0.3, -0.25) is 14.6 Å². The first-order valence-electron chi connectivity index (χ1n) is 11.7. The van der Waals surface area contributed by atoms with Crippen LogP contribution in [0.3, 0.4) is 0 Å². The van der Waals surface area contributed by atoms with Crippen molar-refractivity contribution >= 4 is 17.9 Å². The van der Waals surface area contributed by atoms with E-state index in [1.165, 1.54) is 12.1 Å².